The second-order valence-corrected chi connectivity index (χ2v) is 7.43. The summed E-state index contributed by atoms with van der Waals surface area (Å²) in [4.78, 5) is 12.3. The molecule has 0 saturated heterocycles. The van der Waals surface area contributed by atoms with Crippen LogP contribution < -0.4 is 5.32 Å². The molecule has 3 aliphatic carbocycles. The van der Waals surface area contributed by atoms with Crippen molar-refractivity contribution in [2.45, 2.75) is 57.8 Å². The number of carbonyl (C=O) groups excluding carboxylic acids is 1. The Morgan fingerprint density at radius 1 is 1.11 bits per heavy atom. The Labute approximate surface area is 121 Å². The normalized spacial score (nSPS) is 36.4. The highest BCUT2D eigenvalue weighted by Gasteiger charge is 2.42. The van der Waals surface area contributed by atoms with E-state index in [0.29, 0.717) is 11.8 Å². The van der Waals surface area contributed by atoms with E-state index in [0.717, 1.165) is 31.2 Å². The van der Waals surface area contributed by atoms with Crippen LogP contribution in [0.25, 0.3) is 0 Å². The molecule has 3 aliphatic rings. The highest BCUT2D eigenvalue weighted by molar-refractivity contribution is 6.18. The van der Waals surface area contributed by atoms with Gasteiger partial charge in [-0.2, -0.15) is 0 Å². The van der Waals surface area contributed by atoms with Crippen molar-refractivity contribution < 1.29 is 4.79 Å². The van der Waals surface area contributed by atoms with Gasteiger partial charge in [0.2, 0.25) is 5.91 Å². The number of nitrogens with one attached hydrogen (secondary N) is 1. The Hall–Kier alpha value is -0.240. The average molecular weight is 284 g/mol. The van der Waals surface area contributed by atoms with E-state index >= 15 is 0 Å². The molecule has 108 valence electrons. The summed E-state index contributed by atoms with van der Waals surface area (Å²) < 4.78 is 0. The molecule has 0 bridgehead atoms. The Bertz CT molecular complexity index is 340. The molecule has 1 N–H and O–H groups in total. The molecule has 0 aliphatic heterocycles. The lowest BCUT2D eigenvalue weighted by Crippen LogP contribution is -2.39. The van der Waals surface area contributed by atoms with Crippen molar-refractivity contribution in [3.8, 4) is 0 Å². The number of hydrogen-bond acceptors (Lipinski definition) is 1. The highest BCUT2D eigenvalue weighted by Crippen LogP contribution is 2.46. The molecule has 0 heterocycles. The predicted octanol–water partition coefficient (Wildman–Crippen LogP) is 3.73. The summed E-state index contributed by atoms with van der Waals surface area (Å²) in [5, 5.41) is 3.18. The molecular weight excluding hydrogens is 258 g/mol. The van der Waals surface area contributed by atoms with Crippen molar-refractivity contribution in [2.24, 2.45) is 23.2 Å². The number of fused-ring (bicyclic) bond motifs is 1. The van der Waals surface area contributed by atoms with Crippen LogP contribution >= 0.6 is 11.6 Å². The summed E-state index contributed by atoms with van der Waals surface area (Å²) >= 11 is 5.96. The van der Waals surface area contributed by atoms with Crippen LogP contribution in [0.3, 0.4) is 0 Å². The van der Waals surface area contributed by atoms with Gasteiger partial charge < -0.3 is 5.32 Å². The standard InChI is InChI=1S/C16H26ClNO/c17-10-16(7-8-16)11-18-15(19)14-6-5-12-3-1-2-4-13(12)9-14/h12-14H,1-11H2,(H,18,19). The molecule has 19 heavy (non-hydrogen) atoms. The summed E-state index contributed by atoms with van der Waals surface area (Å²) in [5.41, 5.74) is 0.249. The molecule has 3 fully saturated rings. The van der Waals surface area contributed by atoms with E-state index in [1.807, 2.05) is 0 Å². The van der Waals surface area contributed by atoms with Crippen LogP contribution in [0.1, 0.15) is 57.8 Å². The third kappa shape index (κ3) is 3.09. The Morgan fingerprint density at radius 3 is 2.53 bits per heavy atom. The first-order valence-corrected chi connectivity index (χ1v) is 8.60. The Balaban J connectivity index is 1.47. The van der Waals surface area contributed by atoms with Crippen molar-refractivity contribution in [3.63, 3.8) is 0 Å². The van der Waals surface area contributed by atoms with Crippen LogP contribution in [0.2, 0.25) is 0 Å². The molecule has 3 heteroatoms. The van der Waals surface area contributed by atoms with E-state index in [1.165, 1.54) is 44.9 Å². The van der Waals surface area contributed by atoms with Gasteiger partial charge in [0, 0.05) is 23.8 Å². The van der Waals surface area contributed by atoms with Crippen LogP contribution in [0.4, 0.5) is 0 Å². The monoisotopic (exact) mass is 283 g/mol. The second kappa shape index (κ2) is 5.63. The maximum atomic E-state index is 12.3. The molecule has 3 rings (SSSR count). The topological polar surface area (TPSA) is 29.1 Å². The summed E-state index contributed by atoms with van der Waals surface area (Å²) in [6.45, 7) is 0.805. The molecule has 3 unspecified atom stereocenters. The van der Waals surface area contributed by atoms with E-state index in [1.54, 1.807) is 0 Å². The Morgan fingerprint density at radius 2 is 1.84 bits per heavy atom. The minimum absolute atomic E-state index is 0.249. The van der Waals surface area contributed by atoms with Crippen LogP contribution in [0, 0.1) is 23.2 Å². The fourth-order valence-electron chi connectivity index (χ4n) is 4.06. The molecular formula is C16H26ClNO. The van der Waals surface area contributed by atoms with Gasteiger partial charge in [0.25, 0.3) is 0 Å². The van der Waals surface area contributed by atoms with E-state index in [9.17, 15) is 4.79 Å². The van der Waals surface area contributed by atoms with Crippen LogP contribution in [0.15, 0.2) is 0 Å². The molecule has 0 aromatic heterocycles. The molecule has 0 spiro atoms. The van der Waals surface area contributed by atoms with Gasteiger partial charge in [-0.3, -0.25) is 4.79 Å². The Kier molecular flexibility index (Phi) is 4.07. The summed E-state index contributed by atoms with van der Waals surface area (Å²) in [6, 6.07) is 0. The quantitative estimate of drug-likeness (QED) is 0.783. The molecule has 0 aromatic carbocycles. The fraction of sp³-hybridized carbons (Fsp3) is 0.938. The van der Waals surface area contributed by atoms with Gasteiger partial charge in [-0.25, -0.2) is 0 Å². The minimum Gasteiger partial charge on any atom is -0.355 e. The fourth-order valence-corrected chi connectivity index (χ4v) is 4.43. The molecule has 1 amide bonds. The van der Waals surface area contributed by atoms with Gasteiger partial charge in [0.15, 0.2) is 0 Å². The SMILES string of the molecule is O=C(NCC1(CCl)CC1)C1CCC2CCCCC2C1. The zero-order chi connectivity index (χ0) is 13.3. The third-order valence-corrected chi connectivity index (χ3v) is 6.36. The first-order chi connectivity index (χ1) is 9.22. The maximum absolute atomic E-state index is 12.3. The van der Waals surface area contributed by atoms with E-state index < -0.39 is 0 Å². The number of hydrogen-bond donors (Lipinski definition) is 1. The first-order valence-electron chi connectivity index (χ1n) is 8.06. The van der Waals surface area contributed by atoms with Crippen molar-refractivity contribution in [1.82, 2.24) is 5.32 Å². The summed E-state index contributed by atoms with van der Waals surface area (Å²) in [7, 11) is 0. The van der Waals surface area contributed by atoms with Crippen LogP contribution in [-0.4, -0.2) is 18.3 Å². The van der Waals surface area contributed by atoms with E-state index in [2.05, 4.69) is 5.32 Å². The predicted molar refractivity (Wildman–Crippen MR) is 78.2 cm³/mol. The van der Waals surface area contributed by atoms with E-state index in [4.69, 9.17) is 11.6 Å². The van der Waals surface area contributed by atoms with Crippen molar-refractivity contribution >= 4 is 17.5 Å². The lowest BCUT2D eigenvalue weighted by atomic mass is 9.67. The number of amides is 1. The van der Waals surface area contributed by atoms with E-state index in [-0.39, 0.29) is 11.3 Å². The molecule has 3 atom stereocenters. The molecule has 0 aromatic rings. The zero-order valence-corrected chi connectivity index (χ0v) is 12.6. The first kappa shape index (κ1) is 13.7. The van der Waals surface area contributed by atoms with Crippen molar-refractivity contribution in [1.29, 1.82) is 0 Å². The van der Waals surface area contributed by atoms with Crippen molar-refractivity contribution in [3.05, 3.63) is 0 Å². The zero-order valence-electron chi connectivity index (χ0n) is 11.8. The molecule has 2 nitrogen and oxygen atoms in total. The maximum Gasteiger partial charge on any atom is 0.223 e. The van der Waals surface area contributed by atoms with Gasteiger partial charge >= 0.3 is 0 Å². The minimum atomic E-state index is 0.249. The smallest absolute Gasteiger partial charge is 0.223 e. The average Bonchev–Trinajstić information content (AvgIpc) is 3.25. The lowest BCUT2D eigenvalue weighted by Gasteiger charge is -2.38. The largest absolute Gasteiger partial charge is 0.355 e. The highest BCUT2D eigenvalue weighted by atomic mass is 35.5. The number of halogens is 1. The lowest BCUT2D eigenvalue weighted by molar-refractivity contribution is -0.127. The second-order valence-electron chi connectivity index (χ2n) is 7.17. The van der Waals surface area contributed by atoms with Crippen LogP contribution in [0.5, 0.6) is 0 Å². The third-order valence-electron chi connectivity index (χ3n) is 5.79. The number of carbonyl (C=O) groups is 1. The van der Waals surface area contributed by atoms with Gasteiger partial charge in [-0.1, -0.05) is 25.7 Å². The number of alkyl halides is 1. The van der Waals surface area contributed by atoms with Gasteiger partial charge in [0.1, 0.15) is 0 Å². The molecule has 0 radical (unpaired) electrons. The number of rotatable bonds is 4. The molecule has 3 saturated carbocycles. The summed E-state index contributed by atoms with van der Waals surface area (Å²) in [5.74, 6) is 3.05. The van der Waals surface area contributed by atoms with Gasteiger partial charge in [0.05, 0.1) is 0 Å². The van der Waals surface area contributed by atoms with Gasteiger partial charge in [-0.15, -0.1) is 11.6 Å². The summed E-state index contributed by atoms with van der Waals surface area (Å²) in [6.07, 6.45) is 11.5. The van der Waals surface area contributed by atoms with Crippen LogP contribution in [-0.2, 0) is 4.79 Å². The van der Waals surface area contributed by atoms with Gasteiger partial charge in [-0.05, 0) is 43.9 Å². The van der Waals surface area contributed by atoms with Crippen molar-refractivity contribution in [2.75, 3.05) is 12.4 Å².